The van der Waals surface area contributed by atoms with Crippen molar-refractivity contribution in [3.8, 4) is 5.75 Å². The van der Waals surface area contributed by atoms with Gasteiger partial charge in [-0.3, -0.25) is 14.4 Å². The first-order valence-electron chi connectivity index (χ1n) is 9.92. The summed E-state index contributed by atoms with van der Waals surface area (Å²) in [7, 11) is 0. The zero-order valence-electron chi connectivity index (χ0n) is 16.3. The van der Waals surface area contributed by atoms with Crippen LogP contribution in [0.25, 0.3) is 0 Å². The fourth-order valence-corrected chi connectivity index (χ4v) is 3.46. The monoisotopic (exact) mass is 413 g/mol. The van der Waals surface area contributed by atoms with Crippen molar-refractivity contribution in [1.29, 1.82) is 0 Å². The number of unbranched alkanes of at least 4 members (excludes halogenated alkanes) is 7. The molecule has 0 bridgehead atoms. The van der Waals surface area contributed by atoms with Gasteiger partial charge < -0.3 is 20.3 Å². The number of hydrogen-bond acceptors (Lipinski definition) is 5. The molecule has 0 aliphatic rings. The highest BCUT2D eigenvalue weighted by molar-refractivity contribution is 7.14. The quantitative estimate of drug-likeness (QED) is 0.313. The number of carbonyl (C=O) groups is 3. The maximum Gasteiger partial charge on any atom is 0.303 e. The number of rotatable bonds is 17. The number of ether oxygens (including phenoxy) is 1. The molecule has 7 nitrogen and oxygen atoms in total. The molecule has 0 saturated carbocycles. The minimum absolute atomic E-state index is 0.0356. The van der Waals surface area contributed by atoms with E-state index in [0.29, 0.717) is 30.2 Å². The van der Waals surface area contributed by atoms with E-state index < -0.39 is 11.9 Å². The number of nitrogens with one attached hydrogen (secondary N) is 1. The highest BCUT2D eigenvalue weighted by atomic mass is 32.1. The van der Waals surface area contributed by atoms with E-state index in [1.807, 2.05) is 5.38 Å². The molecule has 0 aromatic carbocycles. The lowest BCUT2D eigenvalue weighted by Crippen LogP contribution is -2.11. The SMILES string of the molecule is O=C(O)CCCCCCCCCCC(=O)Nc1sccc1OCCCC(=O)O. The molecule has 158 valence electrons. The molecule has 0 radical (unpaired) electrons. The van der Waals surface area contributed by atoms with Crippen molar-refractivity contribution in [3.05, 3.63) is 11.4 Å². The van der Waals surface area contributed by atoms with Gasteiger partial charge in [0.25, 0.3) is 0 Å². The molecule has 3 N–H and O–H groups in total. The molecule has 8 heteroatoms. The van der Waals surface area contributed by atoms with Crippen LogP contribution in [0.1, 0.15) is 77.0 Å². The van der Waals surface area contributed by atoms with E-state index in [2.05, 4.69) is 5.32 Å². The zero-order valence-corrected chi connectivity index (χ0v) is 17.1. The summed E-state index contributed by atoms with van der Waals surface area (Å²) >= 11 is 1.39. The average Bonchev–Trinajstić information content (AvgIpc) is 3.06. The Hall–Kier alpha value is -2.09. The normalized spacial score (nSPS) is 10.6. The molecule has 0 aliphatic heterocycles. The maximum absolute atomic E-state index is 12.1. The van der Waals surface area contributed by atoms with Crippen LogP contribution in [-0.4, -0.2) is 34.7 Å². The minimum Gasteiger partial charge on any atom is -0.490 e. The van der Waals surface area contributed by atoms with Crippen LogP contribution in [0.5, 0.6) is 5.75 Å². The predicted molar refractivity (Wildman–Crippen MR) is 109 cm³/mol. The molecule has 0 spiro atoms. The summed E-state index contributed by atoms with van der Waals surface area (Å²) in [6.45, 7) is 0.308. The van der Waals surface area contributed by atoms with E-state index in [4.69, 9.17) is 14.9 Å². The molecule has 0 saturated heterocycles. The predicted octanol–water partition coefficient (Wildman–Crippen LogP) is 4.92. The Morgan fingerprint density at radius 2 is 1.36 bits per heavy atom. The smallest absolute Gasteiger partial charge is 0.303 e. The number of carboxylic acids is 2. The fraction of sp³-hybridized carbons (Fsp3) is 0.650. The van der Waals surface area contributed by atoms with Crippen molar-refractivity contribution in [3.63, 3.8) is 0 Å². The Labute approximate surface area is 170 Å². The highest BCUT2D eigenvalue weighted by Gasteiger charge is 2.10. The van der Waals surface area contributed by atoms with Gasteiger partial charge in [-0.1, -0.05) is 38.5 Å². The van der Waals surface area contributed by atoms with Crippen molar-refractivity contribution in [2.75, 3.05) is 11.9 Å². The fourth-order valence-electron chi connectivity index (χ4n) is 2.72. The summed E-state index contributed by atoms with van der Waals surface area (Å²) in [6, 6.07) is 1.78. The minimum atomic E-state index is -0.847. The average molecular weight is 414 g/mol. The number of carbonyl (C=O) groups excluding carboxylic acids is 1. The Morgan fingerprint density at radius 1 is 0.821 bits per heavy atom. The third-order valence-electron chi connectivity index (χ3n) is 4.22. The van der Waals surface area contributed by atoms with Gasteiger partial charge in [0, 0.05) is 19.3 Å². The van der Waals surface area contributed by atoms with Crippen LogP contribution in [-0.2, 0) is 14.4 Å². The topological polar surface area (TPSA) is 113 Å². The van der Waals surface area contributed by atoms with Gasteiger partial charge in [-0.2, -0.15) is 0 Å². The summed E-state index contributed by atoms with van der Waals surface area (Å²) in [6.07, 6.45) is 9.17. The molecule has 1 aromatic rings. The molecule has 0 aliphatic carbocycles. The van der Waals surface area contributed by atoms with E-state index in [9.17, 15) is 14.4 Å². The van der Waals surface area contributed by atoms with E-state index in [1.165, 1.54) is 11.3 Å². The number of anilines is 1. The first-order chi connectivity index (χ1) is 13.5. The van der Waals surface area contributed by atoms with Gasteiger partial charge in [0.15, 0.2) is 5.75 Å². The van der Waals surface area contributed by atoms with Crippen molar-refractivity contribution >= 4 is 34.2 Å². The standard InChI is InChI=1S/C20H31NO6S/c22-17(10-7-5-3-1-2-4-6-8-11-18(23)24)21-20-16(13-15-28-20)27-14-9-12-19(25)26/h13,15H,1-12,14H2,(H,21,22)(H,23,24)(H,25,26). The van der Waals surface area contributed by atoms with Gasteiger partial charge in [0.05, 0.1) is 6.61 Å². The van der Waals surface area contributed by atoms with Gasteiger partial charge in [-0.15, -0.1) is 11.3 Å². The first-order valence-corrected chi connectivity index (χ1v) is 10.8. The molecule has 1 amide bonds. The number of hydrogen-bond donors (Lipinski definition) is 3. The lowest BCUT2D eigenvalue weighted by Gasteiger charge is -2.08. The largest absolute Gasteiger partial charge is 0.490 e. The van der Waals surface area contributed by atoms with Gasteiger partial charge in [-0.05, 0) is 30.7 Å². The molecule has 1 heterocycles. The Morgan fingerprint density at radius 3 is 1.96 bits per heavy atom. The third kappa shape index (κ3) is 12.3. The van der Waals surface area contributed by atoms with Gasteiger partial charge in [0.2, 0.25) is 5.91 Å². The van der Waals surface area contributed by atoms with Crippen LogP contribution in [0.4, 0.5) is 5.00 Å². The van der Waals surface area contributed by atoms with Crippen LogP contribution >= 0.6 is 11.3 Å². The van der Waals surface area contributed by atoms with E-state index in [-0.39, 0.29) is 18.7 Å². The second-order valence-corrected chi connectivity index (χ2v) is 7.65. The second-order valence-electron chi connectivity index (χ2n) is 6.73. The molecule has 1 aromatic heterocycles. The van der Waals surface area contributed by atoms with Gasteiger partial charge in [-0.25, -0.2) is 0 Å². The first kappa shape index (κ1) is 23.9. The molecular weight excluding hydrogens is 382 g/mol. The van der Waals surface area contributed by atoms with Crippen LogP contribution < -0.4 is 10.1 Å². The summed E-state index contributed by atoms with van der Waals surface area (Å²) in [5, 5.41) is 22.5. The van der Waals surface area contributed by atoms with Gasteiger partial charge >= 0.3 is 11.9 Å². The van der Waals surface area contributed by atoms with Crippen LogP contribution in [0.2, 0.25) is 0 Å². The van der Waals surface area contributed by atoms with Crippen LogP contribution in [0.3, 0.4) is 0 Å². The number of carboxylic acid groups (broad SMARTS) is 2. The number of aliphatic carboxylic acids is 2. The summed E-state index contributed by atoms with van der Waals surface area (Å²) < 4.78 is 5.54. The molecule has 0 unspecified atom stereocenters. The van der Waals surface area contributed by atoms with Crippen molar-refractivity contribution < 1.29 is 29.3 Å². The molecular formula is C20H31NO6S. The van der Waals surface area contributed by atoms with Crippen molar-refractivity contribution in [2.45, 2.75) is 77.0 Å². The lowest BCUT2D eigenvalue weighted by atomic mass is 10.1. The Balaban J connectivity index is 2.05. The van der Waals surface area contributed by atoms with Crippen LogP contribution in [0.15, 0.2) is 11.4 Å². The summed E-state index contributed by atoms with van der Waals surface area (Å²) in [4.78, 5) is 33.0. The number of amides is 1. The van der Waals surface area contributed by atoms with E-state index in [1.54, 1.807) is 6.07 Å². The molecule has 1 rings (SSSR count). The molecule has 0 fully saturated rings. The van der Waals surface area contributed by atoms with Crippen molar-refractivity contribution in [1.82, 2.24) is 0 Å². The molecule has 0 atom stereocenters. The summed E-state index contributed by atoms with van der Waals surface area (Å²) in [5.41, 5.74) is 0. The van der Waals surface area contributed by atoms with E-state index >= 15 is 0 Å². The molecule has 28 heavy (non-hydrogen) atoms. The summed E-state index contributed by atoms with van der Waals surface area (Å²) in [5.74, 6) is -1.02. The van der Waals surface area contributed by atoms with E-state index in [0.717, 1.165) is 51.4 Å². The maximum atomic E-state index is 12.1. The Bertz CT molecular complexity index is 601. The lowest BCUT2D eigenvalue weighted by molar-refractivity contribution is -0.138. The van der Waals surface area contributed by atoms with Crippen molar-refractivity contribution in [2.24, 2.45) is 0 Å². The second kappa shape index (κ2) is 14.9. The zero-order chi connectivity index (χ0) is 20.6. The number of thiophene rings is 1. The van der Waals surface area contributed by atoms with Gasteiger partial charge in [0.1, 0.15) is 5.00 Å². The Kier molecular flexibility index (Phi) is 12.7. The third-order valence-corrected chi connectivity index (χ3v) is 5.03. The van der Waals surface area contributed by atoms with Crippen LogP contribution in [0, 0.1) is 0 Å². The highest BCUT2D eigenvalue weighted by Crippen LogP contribution is 2.31.